The van der Waals surface area contributed by atoms with Crippen LogP contribution in [-0.2, 0) is 0 Å². The van der Waals surface area contributed by atoms with E-state index in [0.29, 0.717) is 0 Å². The Labute approximate surface area is 239 Å². The van der Waals surface area contributed by atoms with Gasteiger partial charge in [-0.05, 0) is 0 Å². The summed E-state index contributed by atoms with van der Waals surface area (Å²) < 4.78 is 4.48. The summed E-state index contributed by atoms with van der Waals surface area (Å²) in [6.45, 7) is 0. The first-order valence-electron chi connectivity index (χ1n) is 13.4. The molecule has 0 bridgehead atoms. The van der Waals surface area contributed by atoms with Crippen molar-refractivity contribution in [2.75, 3.05) is 0 Å². The molecular weight excluding hydrogens is 611 g/mol. The molecule has 0 spiro atoms. The van der Waals surface area contributed by atoms with Gasteiger partial charge < -0.3 is 0 Å². The summed E-state index contributed by atoms with van der Waals surface area (Å²) in [5.41, 5.74) is 0. The van der Waals surface area contributed by atoms with Gasteiger partial charge in [0.1, 0.15) is 0 Å². The summed E-state index contributed by atoms with van der Waals surface area (Å²) in [5, 5.41) is 4.32. The van der Waals surface area contributed by atoms with E-state index in [2.05, 4.69) is 190 Å². The Balaban J connectivity index is 1.76. The van der Waals surface area contributed by atoms with Crippen LogP contribution in [0.1, 0.15) is 0 Å². The molecule has 0 radical (unpaired) electrons. The van der Waals surface area contributed by atoms with Gasteiger partial charge in [-0.15, -0.1) is 0 Å². The molecular formula is C36H30SSiSn. The fraction of sp³-hybridized carbons (Fsp3) is 0. The first-order valence-corrected chi connectivity index (χ1v) is 24.7. The zero-order chi connectivity index (χ0) is 26.4. The second-order valence-electron chi connectivity index (χ2n) is 9.66. The molecule has 0 nitrogen and oxygen atoms in total. The van der Waals surface area contributed by atoms with E-state index in [4.69, 9.17) is 0 Å². The Morgan fingerprint density at radius 2 is 0.538 bits per heavy atom. The van der Waals surface area contributed by atoms with E-state index in [1.807, 2.05) is 0 Å². The number of hydrogen-bond acceptors (Lipinski definition) is 1. The average molecular weight is 642 g/mol. The van der Waals surface area contributed by atoms with Crippen LogP contribution in [0.4, 0.5) is 0 Å². The molecule has 0 amide bonds. The molecule has 39 heavy (non-hydrogen) atoms. The van der Waals surface area contributed by atoms with Crippen LogP contribution >= 0.6 is 8.40 Å². The number of hydrogen-bond donors (Lipinski definition) is 0. The van der Waals surface area contributed by atoms with Gasteiger partial charge in [-0.3, -0.25) is 0 Å². The molecule has 3 heteroatoms. The van der Waals surface area contributed by atoms with Crippen LogP contribution in [-0.4, -0.2) is 24.2 Å². The van der Waals surface area contributed by atoms with Crippen molar-refractivity contribution in [1.29, 1.82) is 0 Å². The van der Waals surface area contributed by atoms with E-state index in [-0.39, 0.29) is 0 Å². The molecule has 0 aliphatic carbocycles. The molecule has 6 rings (SSSR count). The Kier molecular flexibility index (Phi) is 7.87. The van der Waals surface area contributed by atoms with Gasteiger partial charge in [0.2, 0.25) is 0 Å². The van der Waals surface area contributed by atoms with Gasteiger partial charge in [0.05, 0.1) is 0 Å². The second-order valence-corrected chi connectivity index (χ2v) is 33.6. The molecule has 0 aromatic heterocycles. The van der Waals surface area contributed by atoms with Crippen LogP contribution in [0.3, 0.4) is 0 Å². The van der Waals surface area contributed by atoms with E-state index < -0.39 is 24.2 Å². The predicted octanol–water partition coefficient (Wildman–Crippen LogP) is 5.05. The Morgan fingerprint density at radius 3 is 0.795 bits per heavy atom. The third-order valence-corrected chi connectivity index (χ3v) is 45.7. The zero-order valence-corrected chi connectivity index (χ0v) is 26.4. The van der Waals surface area contributed by atoms with Crippen LogP contribution in [0.15, 0.2) is 182 Å². The van der Waals surface area contributed by atoms with E-state index in [9.17, 15) is 0 Å². The fourth-order valence-corrected chi connectivity index (χ4v) is 55.7. The Hall–Kier alpha value is -3.31. The van der Waals surface area contributed by atoms with E-state index in [0.717, 1.165) is 0 Å². The van der Waals surface area contributed by atoms with E-state index in [1.54, 1.807) is 0 Å². The first kappa shape index (κ1) is 25.9. The molecule has 0 unspecified atom stereocenters. The van der Waals surface area contributed by atoms with Crippen molar-refractivity contribution in [2.24, 2.45) is 0 Å². The molecule has 0 heterocycles. The normalized spacial score (nSPS) is 11.7. The SMILES string of the molecule is c1ccc([Si]([S][Sn]([c]2ccccc2)([c]2ccccc2)[c]2ccccc2)(c2ccccc2)c2ccccc2)cc1. The van der Waals surface area contributed by atoms with Crippen molar-refractivity contribution in [3.63, 3.8) is 0 Å². The molecule has 0 N–H and O–H groups in total. The molecule has 6 aromatic rings. The summed E-state index contributed by atoms with van der Waals surface area (Å²) in [5.74, 6) is 0. The first-order chi connectivity index (χ1) is 19.3. The van der Waals surface area contributed by atoms with Crippen LogP contribution in [0.25, 0.3) is 0 Å². The van der Waals surface area contributed by atoms with Gasteiger partial charge in [-0.25, -0.2) is 0 Å². The minimum atomic E-state index is -3.75. The van der Waals surface area contributed by atoms with Gasteiger partial charge in [0, 0.05) is 0 Å². The van der Waals surface area contributed by atoms with Crippen LogP contribution < -0.4 is 26.3 Å². The minimum absolute atomic E-state index is 1.44. The average Bonchev–Trinajstić information content (AvgIpc) is 3.04. The number of benzene rings is 6. The van der Waals surface area contributed by atoms with Crippen molar-refractivity contribution in [1.82, 2.24) is 0 Å². The molecule has 0 saturated carbocycles. The molecule has 6 aromatic carbocycles. The summed E-state index contributed by atoms with van der Waals surface area (Å²) in [7, 11) is -0.245. The van der Waals surface area contributed by atoms with Crippen molar-refractivity contribution in [3.05, 3.63) is 182 Å². The predicted molar refractivity (Wildman–Crippen MR) is 176 cm³/mol. The fourth-order valence-electron chi connectivity index (χ4n) is 5.62. The molecule has 0 fully saturated rings. The third-order valence-electron chi connectivity index (χ3n) is 7.39. The maximum atomic E-state index is 2.39. The van der Waals surface area contributed by atoms with Crippen molar-refractivity contribution in [2.45, 2.75) is 0 Å². The maximum absolute atomic E-state index is 3.75. The number of rotatable bonds is 8. The summed E-state index contributed by atoms with van der Waals surface area (Å²) in [6, 6.07) is 68.1. The zero-order valence-electron chi connectivity index (χ0n) is 21.7. The van der Waals surface area contributed by atoms with Gasteiger partial charge in [0.25, 0.3) is 0 Å². The van der Waals surface area contributed by atoms with E-state index in [1.165, 1.54) is 26.3 Å². The molecule has 0 atom stereocenters. The Bertz CT molecular complexity index is 1280. The van der Waals surface area contributed by atoms with Crippen LogP contribution in [0.2, 0.25) is 0 Å². The topological polar surface area (TPSA) is 0 Å². The van der Waals surface area contributed by atoms with Crippen molar-refractivity contribution in [3.8, 4) is 0 Å². The molecule has 188 valence electrons. The van der Waals surface area contributed by atoms with Crippen LogP contribution in [0, 0.1) is 0 Å². The standard InChI is InChI=1S/C18H15SSi.3C6H5.Sn/c19-20(16-10-4-1-5-11-16,17-12-6-2-7-13-17)18-14-8-3-9-15-18;3*1-2-4-6-5-3-1;/h1-15H;3*1-5H;/q-1;;;;+1. The van der Waals surface area contributed by atoms with Gasteiger partial charge in [-0.2, -0.15) is 0 Å². The summed E-state index contributed by atoms with van der Waals surface area (Å²) in [4.78, 5) is 0. The second kappa shape index (κ2) is 11.8. The summed E-state index contributed by atoms with van der Waals surface area (Å²) >= 11 is -3.75. The third kappa shape index (κ3) is 4.93. The van der Waals surface area contributed by atoms with Gasteiger partial charge in [-0.1, -0.05) is 0 Å². The quantitative estimate of drug-likeness (QED) is 0.166. The van der Waals surface area contributed by atoms with Gasteiger partial charge in [0.15, 0.2) is 0 Å². The van der Waals surface area contributed by atoms with Crippen molar-refractivity contribution >= 4 is 58.9 Å². The van der Waals surface area contributed by atoms with Crippen molar-refractivity contribution < 1.29 is 0 Å². The summed E-state index contributed by atoms with van der Waals surface area (Å²) in [6.07, 6.45) is 0. The monoisotopic (exact) mass is 642 g/mol. The molecule has 0 saturated heterocycles. The van der Waals surface area contributed by atoms with Crippen LogP contribution in [0.5, 0.6) is 0 Å². The molecule has 0 aliphatic heterocycles. The van der Waals surface area contributed by atoms with E-state index >= 15 is 0 Å². The molecule has 0 aliphatic rings. The Morgan fingerprint density at radius 1 is 0.308 bits per heavy atom. The van der Waals surface area contributed by atoms with Gasteiger partial charge >= 0.3 is 241 Å².